The summed E-state index contributed by atoms with van der Waals surface area (Å²) in [5, 5.41) is 0. The van der Waals surface area contributed by atoms with Crippen molar-refractivity contribution in [3.8, 4) is 0 Å². The lowest BCUT2D eigenvalue weighted by Crippen LogP contribution is -2.55. The van der Waals surface area contributed by atoms with Crippen LogP contribution in [-0.2, 0) is 19.1 Å². The van der Waals surface area contributed by atoms with Crippen molar-refractivity contribution in [2.75, 3.05) is 7.05 Å². The third kappa shape index (κ3) is 5.28. The van der Waals surface area contributed by atoms with Gasteiger partial charge in [0.05, 0.1) is 0 Å². The standard InChI is InChI=1S/C21H26BrNO4/c1-20(2,3)27-19(26)21(14-12-17(24)23(4)18(21)25)13-6-5-7-15-8-10-16(22)11-9-15/h5,7-11H,6,12-14H2,1-4H3/b7-5+. The molecule has 0 radical (unpaired) electrons. The second-order valence-electron chi connectivity index (χ2n) is 7.83. The van der Waals surface area contributed by atoms with Gasteiger partial charge in [-0.25, -0.2) is 0 Å². The number of carbonyl (C=O) groups is 3. The minimum atomic E-state index is -1.31. The quantitative estimate of drug-likeness (QED) is 0.391. The maximum Gasteiger partial charge on any atom is 0.322 e. The van der Waals surface area contributed by atoms with Crippen molar-refractivity contribution in [2.24, 2.45) is 5.41 Å². The smallest absolute Gasteiger partial charge is 0.322 e. The predicted octanol–water partition coefficient (Wildman–Crippen LogP) is 4.35. The molecule has 6 heteroatoms. The number of esters is 1. The van der Waals surface area contributed by atoms with Crippen LogP contribution in [0.4, 0.5) is 0 Å². The van der Waals surface area contributed by atoms with Gasteiger partial charge in [-0.1, -0.05) is 40.2 Å². The van der Waals surface area contributed by atoms with Gasteiger partial charge in [0.15, 0.2) is 0 Å². The number of amides is 2. The van der Waals surface area contributed by atoms with E-state index in [2.05, 4.69) is 15.9 Å². The van der Waals surface area contributed by atoms with Crippen LogP contribution in [0.5, 0.6) is 0 Å². The number of nitrogens with zero attached hydrogens (tertiary/aromatic N) is 1. The summed E-state index contributed by atoms with van der Waals surface area (Å²) in [7, 11) is 1.43. The highest BCUT2D eigenvalue weighted by molar-refractivity contribution is 9.10. The molecule has 1 fully saturated rings. The van der Waals surface area contributed by atoms with Gasteiger partial charge in [0.25, 0.3) is 0 Å². The molecule has 1 atom stereocenters. The Kier molecular flexibility index (Phi) is 6.63. The Bertz CT molecular complexity index is 748. The summed E-state index contributed by atoms with van der Waals surface area (Å²) < 4.78 is 6.54. The van der Waals surface area contributed by atoms with Gasteiger partial charge in [-0.2, -0.15) is 0 Å². The lowest BCUT2D eigenvalue weighted by Gasteiger charge is -2.38. The fourth-order valence-electron chi connectivity index (χ4n) is 3.05. The molecule has 1 unspecified atom stereocenters. The number of allylic oxidation sites excluding steroid dienone is 1. The highest BCUT2D eigenvalue weighted by Gasteiger charge is 2.52. The Morgan fingerprint density at radius 3 is 2.48 bits per heavy atom. The number of imide groups is 1. The van der Waals surface area contributed by atoms with E-state index in [1.54, 1.807) is 20.8 Å². The topological polar surface area (TPSA) is 63.7 Å². The lowest BCUT2D eigenvalue weighted by molar-refractivity contribution is -0.178. The van der Waals surface area contributed by atoms with E-state index in [0.29, 0.717) is 12.8 Å². The van der Waals surface area contributed by atoms with Gasteiger partial charge in [-0.3, -0.25) is 19.3 Å². The molecule has 146 valence electrons. The number of ether oxygens (including phenoxy) is 1. The zero-order valence-electron chi connectivity index (χ0n) is 16.3. The molecule has 1 aliphatic heterocycles. The van der Waals surface area contributed by atoms with Crippen molar-refractivity contribution in [1.29, 1.82) is 0 Å². The molecule has 5 nitrogen and oxygen atoms in total. The minimum absolute atomic E-state index is 0.165. The zero-order chi connectivity index (χ0) is 20.2. The first kappa shape index (κ1) is 21.4. The van der Waals surface area contributed by atoms with Crippen molar-refractivity contribution in [1.82, 2.24) is 4.90 Å². The number of likely N-dealkylation sites (tertiary alicyclic amines) is 1. The van der Waals surface area contributed by atoms with E-state index in [9.17, 15) is 14.4 Å². The normalized spacial score (nSPS) is 21.0. The molecule has 0 spiro atoms. The first-order chi connectivity index (χ1) is 12.5. The molecule has 1 aliphatic rings. The maximum absolute atomic E-state index is 12.9. The van der Waals surface area contributed by atoms with Crippen LogP contribution in [0.25, 0.3) is 6.08 Å². The first-order valence-electron chi connectivity index (χ1n) is 9.02. The summed E-state index contributed by atoms with van der Waals surface area (Å²) in [6, 6.07) is 7.85. The Labute approximate surface area is 168 Å². The number of piperidine rings is 1. The maximum atomic E-state index is 12.9. The zero-order valence-corrected chi connectivity index (χ0v) is 17.8. The van der Waals surface area contributed by atoms with Crippen molar-refractivity contribution in [3.05, 3.63) is 40.4 Å². The van der Waals surface area contributed by atoms with Gasteiger partial charge in [0.1, 0.15) is 11.0 Å². The minimum Gasteiger partial charge on any atom is -0.459 e. The van der Waals surface area contributed by atoms with Crippen LogP contribution in [0.2, 0.25) is 0 Å². The monoisotopic (exact) mass is 435 g/mol. The third-order valence-corrected chi connectivity index (χ3v) is 5.09. The highest BCUT2D eigenvalue weighted by Crippen LogP contribution is 2.38. The molecule has 0 bridgehead atoms. The van der Waals surface area contributed by atoms with Gasteiger partial charge >= 0.3 is 5.97 Å². The molecule has 1 aromatic carbocycles. The van der Waals surface area contributed by atoms with Crippen LogP contribution in [-0.4, -0.2) is 35.3 Å². The van der Waals surface area contributed by atoms with Gasteiger partial charge < -0.3 is 4.74 Å². The van der Waals surface area contributed by atoms with Crippen LogP contribution in [0.15, 0.2) is 34.8 Å². The first-order valence-corrected chi connectivity index (χ1v) is 9.81. The number of benzene rings is 1. The Hall–Kier alpha value is -1.95. The van der Waals surface area contributed by atoms with Gasteiger partial charge in [-0.05, 0) is 57.7 Å². The van der Waals surface area contributed by atoms with Crippen molar-refractivity contribution >= 4 is 39.8 Å². The molecule has 27 heavy (non-hydrogen) atoms. The van der Waals surface area contributed by atoms with Gasteiger partial charge in [-0.15, -0.1) is 0 Å². The molecule has 1 saturated heterocycles. The number of rotatable bonds is 5. The van der Waals surface area contributed by atoms with E-state index in [-0.39, 0.29) is 18.7 Å². The second kappa shape index (κ2) is 8.38. The molecular weight excluding hydrogens is 410 g/mol. The molecule has 0 aromatic heterocycles. The largest absolute Gasteiger partial charge is 0.459 e. The van der Waals surface area contributed by atoms with Crippen molar-refractivity contribution in [2.45, 2.75) is 52.1 Å². The summed E-state index contributed by atoms with van der Waals surface area (Å²) in [5.74, 6) is -1.27. The Morgan fingerprint density at radius 1 is 1.26 bits per heavy atom. The number of halogens is 1. The molecule has 2 rings (SSSR count). The molecule has 0 saturated carbocycles. The van der Waals surface area contributed by atoms with E-state index < -0.39 is 22.9 Å². The molecule has 2 amide bonds. The molecule has 1 aromatic rings. The molecular formula is C21H26BrNO4. The fraction of sp³-hybridized carbons (Fsp3) is 0.476. The Balaban J connectivity index is 2.17. The number of hydrogen-bond acceptors (Lipinski definition) is 4. The predicted molar refractivity (Wildman–Crippen MR) is 108 cm³/mol. The average Bonchev–Trinajstić information content (AvgIpc) is 2.58. The van der Waals surface area contributed by atoms with Gasteiger partial charge in [0.2, 0.25) is 11.8 Å². The molecule has 1 heterocycles. The Morgan fingerprint density at radius 2 is 1.89 bits per heavy atom. The van der Waals surface area contributed by atoms with E-state index >= 15 is 0 Å². The van der Waals surface area contributed by atoms with Crippen molar-refractivity contribution in [3.63, 3.8) is 0 Å². The van der Waals surface area contributed by atoms with E-state index in [4.69, 9.17) is 4.74 Å². The van der Waals surface area contributed by atoms with Crippen LogP contribution >= 0.6 is 15.9 Å². The van der Waals surface area contributed by atoms with Crippen LogP contribution in [0.1, 0.15) is 52.0 Å². The second-order valence-corrected chi connectivity index (χ2v) is 8.75. The molecule has 0 N–H and O–H groups in total. The van der Waals surface area contributed by atoms with Crippen LogP contribution in [0, 0.1) is 5.41 Å². The number of carbonyl (C=O) groups excluding carboxylic acids is 3. The van der Waals surface area contributed by atoms with Gasteiger partial charge in [0, 0.05) is 17.9 Å². The summed E-state index contributed by atoms with van der Waals surface area (Å²) in [6.45, 7) is 5.32. The number of hydrogen-bond donors (Lipinski definition) is 0. The van der Waals surface area contributed by atoms with E-state index in [0.717, 1.165) is 14.9 Å². The van der Waals surface area contributed by atoms with E-state index in [1.165, 1.54) is 7.05 Å². The summed E-state index contributed by atoms with van der Waals surface area (Å²) in [6.07, 6.45) is 5.10. The summed E-state index contributed by atoms with van der Waals surface area (Å²) in [4.78, 5) is 38.7. The molecule has 0 aliphatic carbocycles. The van der Waals surface area contributed by atoms with Crippen LogP contribution in [0.3, 0.4) is 0 Å². The van der Waals surface area contributed by atoms with E-state index in [1.807, 2.05) is 36.4 Å². The highest BCUT2D eigenvalue weighted by atomic mass is 79.9. The SMILES string of the molecule is CN1C(=O)CCC(CC/C=C/c2ccc(Br)cc2)(C(=O)OC(C)(C)C)C1=O. The summed E-state index contributed by atoms with van der Waals surface area (Å²) in [5.41, 5.74) is -0.968. The third-order valence-electron chi connectivity index (χ3n) is 4.56. The lowest BCUT2D eigenvalue weighted by atomic mass is 9.75. The average molecular weight is 436 g/mol. The fourth-order valence-corrected chi connectivity index (χ4v) is 3.32. The van der Waals surface area contributed by atoms with Crippen molar-refractivity contribution < 1.29 is 19.1 Å². The van der Waals surface area contributed by atoms with Crippen LogP contribution < -0.4 is 0 Å². The summed E-state index contributed by atoms with van der Waals surface area (Å²) >= 11 is 3.40.